The number of thioether (sulfide) groups is 1. The molecule has 0 atom stereocenters. The molecule has 26 heavy (non-hydrogen) atoms. The Kier molecular flexibility index (Phi) is 5.07. The SMILES string of the molecule is CCCN(C(=O)c1cc2c(s1)-c1ccccc1SC2)c1cccc(Cl)c1. The molecule has 3 aromatic rings. The van der Waals surface area contributed by atoms with Crippen LogP contribution in [0, 0.1) is 0 Å². The summed E-state index contributed by atoms with van der Waals surface area (Å²) in [4.78, 5) is 18.4. The molecule has 132 valence electrons. The molecule has 0 fully saturated rings. The van der Waals surface area contributed by atoms with Crippen LogP contribution in [-0.4, -0.2) is 12.5 Å². The zero-order valence-electron chi connectivity index (χ0n) is 14.4. The molecule has 1 aliphatic rings. The Labute approximate surface area is 166 Å². The summed E-state index contributed by atoms with van der Waals surface area (Å²) >= 11 is 9.58. The van der Waals surface area contributed by atoms with Crippen molar-refractivity contribution in [2.45, 2.75) is 24.0 Å². The molecule has 1 aliphatic heterocycles. The maximum atomic E-state index is 13.3. The van der Waals surface area contributed by atoms with Crippen LogP contribution in [0.5, 0.6) is 0 Å². The summed E-state index contributed by atoms with van der Waals surface area (Å²) in [6.45, 7) is 2.75. The zero-order valence-corrected chi connectivity index (χ0v) is 16.8. The van der Waals surface area contributed by atoms with E-state index in [-0.39, 0.29) is 5.91 Å². The van der Waals surface area contributed by atoms with Crippen molar-refractivity contribution < 1.29 is 4.79 Å². The number of amides is 1. The average molecular weight is 400 g/mol. The first-order chi connectivity index (χ1) is 12.7. The Balaban J connectivity index is 1.71. The summed E-state index contributed by atoms with van der Waals surface area (Å²) in [5, 5.41) is 0.646. The van der Waals surface area contributed by atoms with Crippen molar-refractivity contribution in [2.24, 2.45) is 0 Å². The van der Waals surface area contributed by atoms with E-state index in [4.69, 9.17) is 11.6 Å². The van der Waals surface area contributed by atoms with E-state index >= 15 is 0 Å². The predicted octanol–water partition coefficient (Wildman–Crippen LogP) is 6.73. The van der Waals surface area contributed by atoms with Crippen LogP contribution in [-0.2, 0) is 5.75 Å². The first-order valence-electron chi connectivity index (χ1n) is 8.59. The molecule has 0 saturated carbocycles. The molecule has 0 saturated heterocycles. The summed E-state index contributed by atoms with van der Waals surface area (Å²) in [5.41, 5.74) is 3.35. The Bertz CT molecular complexity index is 966. The van der Waals surface area contributed by atoms with Crippen LogP contribution < -0.4 is 4.90 Å². The van der Waals surface area contributed by atoms with Gasteiger partial charge >= 0.3 is 0 Å². The third kappa shape index (κ3) is 3.29. The second-order valence-corrected chi connectivity index (χ2v) is 8.69. The molecular weight excluding hydrogens is 382 g/mol. The summed E-state index contributed by atoms with van der Waals surface area (Å²) in [6, 6.07) is 18.0. The number of halogens is 1. The van der Waals surface area contributed by atoms with Crippen molar-refractivity contribution in [3.05, 3.63) is 70.1 Å². The molecule has 2 heterocycles. The molecule has 2 aromatic carbocycles. The molecule has 4 rings (SSSR count). The second-order valence-electron chi connectivity index (χ2n) is 6.19. The highest BCUT2D eigenvalue weighted by atomic mass is 35.5. The van der Waals surface area contributed by atoms with Gasteiger partial charge in [-0.1, -0.05) is 42.8 Å². The molecule has 0 N–H and O–H groups in total. The van der Waals surface area contributed by atoms with Gasteiger partial charge in [-0.2, -0.15) is 0 Å². The maximum absolute atomic E-state index is 13.3. The predicted molar refractivity (Wildman–Crippen MR) is 113 cm³/mol. The number of benzene rings is 2. The van der Waals surface area contributed by atoms with Crippen molar-refractivity contribution in [1.82, 2.24) is 0 Å². The van der Waals surface area contributed by atoms with Crippen LogP contribution in [0.4, 0.5) is 5.69 Å². The van der Waals surface area contributed by atoms with Gasteiger partial charge in [-0.05, 0) is 42.3 Å². The minimum atomic E-state index is 0.0518. The third-order valence-corrected chi connectivity index (χ3v) is 6.90. The Morgan fingerprint density at radius 2 is 2.00 bits per heavy atom. The van der Waals surface area contributed by atoms with Gasteiger partial charge in [-0.15, -0.1) is 23.1 Å². The minimum absolute atomic E-state index is 0.0518. The number of anilines is 1. The van der Waals surface area contributed by atoms with Crippen LogP contribution >= 0.6 is 34.7 Å². The molecule has 5 heteroatoms. The zero-order chi connectivity index (χ0) is 18.1. The van der Waals surface area contributed by atoms with Crippen molar-refractivity contribution in [3.63, 3.8) is 0 Å². The lowest BCUT2D eigenvalue weighted by atomic mass is 10.1. The fraction of sp³-hybridized carbons (Fsp3) is 0.190. The van der Waals surface area contributed by atoms with E-state index in [0.717, 1.165) is 22.7 Å². The molecule has 0 spiro atoms. The fourth-order valence-electron chi connectivity index (χ4n) is 3.15. The molecular formula is C21H18ClNOS2. The van der Waals surface area contributed by atoms with Crippen molar-refractivity contribution >= 4 is 46.3 Å². The highest BCUT2D eigenvalue weighted by molar-refractivity contribution is 7.98. The largest absolute Gasteiger partial charge is 0.308 e. The van der Waals surface area contributed by atoms with E-state index in [2.05, 4.69) is 37.3 Å². The summed E-state index contributed by atoms with van der Waals surface area (Å²) < 4.78 is 0. The van der Waals surface area contributed by atoms with Gasteiger partial charge < -0.3 is 4.90 Å². The maximum Gasteiger partial charge on any atom is 0.268 e. The van der Waals surface area contributed by atoms with Crippen molar-refractivity contribution in [2.75, 3.05) is 11.4 Å². The summed E-state index contributed by atoms with van der Waals surface area (Å²) in [6.07, 6.45) is 0.891. The van der Waals surface area contributed by atoms with Crippen LogP contribution in [0.2, 0.25) is 5.02 Å². The van der Waals surface area contributed by atoms with Crippen LogP contribution in [0.1, 0.15) is 28.6 Å². The van der Waals surface area contributed by atoms with Crippen LogP contribution in [0.3, 0.4) is 0 Å². The lowest BCUT2D eigenvalue weighted by Gasteiger charge is -2.21. The Morgan fingerprint density at radius 3 is 2.81 bits per heavy atom. The van der Waals surface area contributed by atoms with Gasteiger partial charge in [-0.3, -0.25) is 4.79 Å². The van der Waals surface area contributed by atoms with E-state index in [1.807, 2.05) is 40.9 Å². The molecule has 0 bridgehead atoms. The van der Waals surface area contributed by atoms with Gasteiger partial charge in [0.05, 0.1) is 4.88 Å². The number of carbonyl (C=O) groups is 1. The molecule has 0 aliphatic carbocycles. The quantitative estimate of drug-likeness (QED) is 0.484. The lowest BCUT2D eigenvalue weighted by Crippen LogP contribution is -2.31. The standard InChI is InChI=1S/C21H18ClNOS2/c1-2-10-23(16-7-5-6-15(22)12-16)21(24)19-11-14-13-25-18-9-4-3-8-17(18)20(14)26-19/h3-9,11-12H,2,10,13H2,1H3. The topological polar surface area (TPSA) is 20.3 Å². The number of nitrogens with zero attached hydrogens (tertiary/aromatic N) is 1. The highest BCUT2D eigenvalue weighted by Crippen LogP contribution is 2.45. The fourth-order valence-corrected chi connectivity index (χ4v) is 5.70. The van der Waals surface area contributed by atoms with Gasteiger partial charge in [0.2, 0.25) is 0 Å². The van der Waals surface area contributed by atoms with Crippen LogP contribution in [0.25, 0.3) is 10.4 Å². The molecule has 2 nitrogen and oxygen atoms in total. The van der Waals surface area contributed by atoms with Gasteiger partial charge in [0.15, 0.2) is 0 Å². The Hall–Kier alpha value is -1.75. The Morgan fingerprint density at radius 1 is 1.15 bits per heavy atom. The van der Waals surface area contributed by atoms with Crippen LogP contribution in [0.15, 0.2) is 59.5 Å². The monoisotopic (exact) mass is 399 g/mol. The molecule has 1 amide bonds. The third-order valence-electron chi connectivity index (χ3n) is 4.35. The van der Waals surface area contributed by atoms with Gasteiger partial charge in [0, 0.05) is 38.3 Å². The first kappa shape index (κ1) is 17.7. The van der Waals surface area contributed by atoms with E-state index in [0.29, 0.717) is 11.6 Å². The van der Waals surface area contributed by atoms with E-state index < -0.39 is 0 Å². The van der Waals surface area contributed by atoms with Gasteiger partial charge in [0.1, 0.15) is 0 Å². The minimum Gasteiger partial charge on any atom is -0.308 e. The summed E-state index contributed by atoms with van der Waals surface area (Å²) in [5.74, 6) is 0.970. The van der Waals surface area contributed by atoms with E-state index in [1.165, 1.54) is 20.9 Å². The smallest absolute Gasteiger partial charge is 0.268 e. The highest BCUT2D eigenvalue weighted by Gasteiger charge is 2.25. The second kappa shape index (κ2) is 7.47. The average Bonchev–Trinajstić information content (AvgIpc) is 3.10. The number of fused-ring (bicyclic) bond motifs is 3. The lowest BCUT2D eigenvalue weighted by molar-refractivity contribution is 0.0990. The van der Waals surface area contributed by atoms with Gasteiger partial charge in [0.25, 0.3) is 5.91 Å². The van der Waals surface area contributed by atoms with E-state index in [9.17, 15) is 4.79 Å². The number of hydrogen-bond donors (Lipinski definition) is 0. The molecule has 1 aromatic heterocycles. The number of thiophene rings is 1. The normalized spacial score (nSPS) is 12.4. The van der Waals surface area contributed by atoms with E-state index in [1.54, 1.807) is 11.3 Å². The number of carbonyl (C=O) groups excluding carboxylic acids is 1. The van der Waals surface area contributed by atoms with Crippen molar-refractivity contribution in [3.8, 4) is 10.4 Å². The molecule has 0 radical (unpaired) electrons. The first-order valence-corrected chi connectivity index (χ1v) is 10.8. The molecule has 0 unspecified atom stereocenters. The number of hydrogen-bond acceptors (Lipinski definition) is 3. The van der Waals surface area contributed by atoms with Crippen molar-refractivity contribution in [1.29, 1.82) is 0 Å². The summed E-state index contributed by atoms with van der Waals surface area (Å²) in [7, 11) is 0. The van der Waals surface area contributed by atoms with Gasteiger partial charge in [-0.25, -0.2) is 0 Å². The number of rotatable bonds is 4.